The van der Waals surface area contributed by atoms with Crippen LogP contribution >= 0.6 is 0 Å². The molecule has 0 fully saturated rings. The fourth-order valence-corrected chi connectivity index (χ4v) is 3.94. The minimum Gasteiger partial charge on any atom is -0.319 e. The van der Waals surface area contributed by atoms with Crippen LogP contribution in [0, 0.1) is 5.82 Å². The summed E-state index contributed by atoms with van der Waals surface area (Å²) in [5, 5.41) is 10.7. The van der Waals surface area contributed by atoms with Crippen LogP contribution in [-0.2, 0) is 6.54 Å². The van der Waals surface area contributed by atoms with Crippen LogP contribution < -0.4 is 5.32 Å². The van der Waals surface area contributed by atoms with Gasteiger partial charge >= 0.3 is 0 Å². The third kappa shape index (κ3) is 4.92. The van der Waals surface area contributed by atoms with Crippen LogP contribution in [0.25, 0.3) is 33.3 Å². The van der Waals surface area contributed by atoms with Gasteiger partial charge in [0.25, 0.3) is 5.91 Å². The van der Waals surface area contributed by atoms with Crippen LogP contribution in [0.2, 0.25) is 0 Å². The number of H-pyrrole nitrogens is 1. The number of hydrogen-bond acceptors (Lipinski definition) is 5. The molecule has 0 bridgehead atoms. The maximum atomic E-state index is 13.5. The first-order valence-corrected chi connectivity index (χ1v) is 11.1. The van der Waals surface area contributed by atoms with Gasteiger partial charge in [-0.25, -0.2) is 4.39 Å². The molecule has 2 aromatic carbocycles. The Kier molecular flexibility index (Phi) is 6.03. The van der Waals surface area contributed by atoms with E-state index in [0.29, 0.717) is 22.3 Å². The first-order chi connectivity index (χ1) is 17.0. The number of rotatable bonds is 6. The van der Waals surface area contributed by atoms with Crippen LogP contribution in [-0.4, -0.2) is 45.1 Å². The van der Waals surface area contributed by atoms with Gasteiger partial charge in [0.15, 0.2) is 5.69 Å². The van der Waals surface area contributed by atoms with E-state index in [1.165, 1.54) is 12.1 Å². The van der Waals surface area contributed by atoms with Crippen molar-refractivity contribution < 1.29 is 9.18 Å². The highest BCUT2D eigenvalue weighted by Crippen LogP contribution is 2.26. The SMILES string of the molecule is CN(C)Cc1cncc(-c2ccc3[nH]nc(C(=O)Nc4ccc(-c5cccc(F)c5)nc4)c3c2)c1. The molecule has 5 aromatic rings. The van der Waals surface area contributed by atoms with Gasteiger partial charge in [0.1, 0.15) is 5.82 Å². The Hall–Kier alpha value is -4.43. The van der Waals surface area contributed by atoms with Gasteiger partial charge in [0.05, 0.1) is 23.1 Å². The number of nitrogens with one attached hydrogen (secondary N) is 2. The van der Waals surface area contributed by atoms with Crippen molar-refractivity contribution in [1.29, 1.82) is 0 Å². The van der Waals surface area contributed by atoms with Gasteiger partial charge in [-0.3, -0.25) is 19.9 Å². The van der Waals surface area contributed by atoms with Crippen molar-refractivity contribution in [2.24, 2.45) is 0 Å². The van der Waals surface area contributed by atoms with Gasteiger partial charge in [0.2, 0.25) is 0 Å². The van der Waals surface area contributed by atoms with Crippen LogP contribution in [0.3, 0.4) is 0 Å². The second-order valence-corrected chi connectivity index (χ2v) is 8.55. The van der Waals surface area contributed by atoms with Gasteiger partial charge in [-0.2, -0.15) is 5.10 Å². The minimum absolute atomic E-state index is 0.286. The molecule has 0 saturated heterocycles. The molecule has 174 valence electrons. The van der Waals surface area contributed by atoms with Crippen LogP contribution in [0.15, 0.2) is 79.3 Å². The van der Waals surface area contributed by atoms with E-state index in [-0.39, 0.29) is 17.4 Å². The lowest BCUT2D eigenvalue weighted by molar-refractivity contribution is 0.102. The summed E-state index contributed by atoms with van der Waals surface area (Å²) in [5.74, 6) is -0.681. The smallest absolute Gasteiger partial charge is 0.276 e. The number of amides is 1. The Morgan fingerprint density at radius 1 is 0.971 bits per heavy atom. The summed E-state index contributed by atoms with van der Waals surface area (Å²) in [6.45, 7) is 0.786. The maximum Gasteiger partial charge on any atom is 0.276 e. The lowest BCUT2D eigenvalue weighted by Gasteiger charge is -2.10. The lowest BCUT2D eigenvalue weighted by Crippen LogP contribution is -2.13. The van der Waals surface area contributed by atoms with Crippen LogP contribution in [0.4, 0.5) is 10.1 Å². The van der Waals surface area contributed by atoms with Crippen molar-refractivity contribution >= 4 is 22.5 Å². The molecular weight excluding hydrogens is 443 g/mol. The third-order valence-electron chi connectivity index (χ3n) is 5.55. The van der Waals surface area contributed by atoms with E-state index < -0.39 is 0 Å². The summed E-state index contributed by atoms with van der Waals surface area (Å²) in [4.78, 5) is 23.8. The highest BCUT2D eigenvalue weighted by atomic mass is 19.1. The minimum atomic E-state index is -0.354. The molecule has 35 heavy (non-hydrogen) atoms. The summed E-state index contributed by atoms with van der Waals surface area (Å²) >= 11 is 0. The zero-order valence-electron chi connectivity index (χ0n) is 19.3. The highest BCUT2D eigenvalue weighted by molar-refractivity contribution is 6.11. The molecule has 3 heterocycles. The van der Waals surface area contributed by atoms with Crippen LogP contribution in [0.5, 0.6) is 0 Å². The van der Waals surface area contributed by atoms with E-state index in [2.05, 4.69) is 36.4 Å². The predicted octanol–water partition coefficient (Wildman–Crippen LogP) is 5.14. The van der Waals surface area contributed by atoms with E-state index in [1.807, 2.05) is 44.7 Å². The number of halogens is 1. The van der Waals surface area contributed by atoms with Crippen molar-refractivity contribution in [3.8, 4) is 22.4 Å². The maximum absolute atomic E-state index is 13.5. The van der Waals surface area contributed by atoms with Crippen molar-refractivity contribution in [2.45, 2.75) is 6.54 Å². The summed E-state index contributed by atoms with van der Waals surface area (Å²) in [6.07, 6.45) is 5.21. The second kappa shape index (κ2) is 9.44. The average molecular weight is 467 g/mol. The number of anilines is 1. The average Bonchev–Trinajstić information content (AvgIpc) is 3.28. The number of benzene rings is 2. The summed E-state index contributed by atoms with van der Waals surface area (Å²) in [5.41, 5.74) is 5.86. The molecule has 5 rings (SSSR count). The number of fused-ring (bicyclic) bond motifs is 1. The Labute approximate surface area is 201 Å². The molecule has 3 aromatic heterocycles. The summed E-state index contributed by atoms with van der Waals surface area (Å²) in [7, 11) is 4.03. The van der Waals surface area contributed by atoms with Crippen molar-refractivity contribution in [1.82, 2.24) is 25.1 Å². The monoisotopic (exact) mass is 466 g/mol. The molecule has 8 heteroatoms. The molecule has 0 unspecified atom stereocenters. The summed E-state index contributed by atoms with van der Waals surface area (Å²) in [6, 6.07) is 17.6. The first-order valence-electron chi connectivity index (χ1n) is 11.1. The van der Waals surface area contributed by atoms with Gasteiger partial charge in [-0.15, -0.1) is 0 Å². The van der Waals surface area contributed by atoms with Gasteiger partial charge < -0.3 is 10.2 Å². The Bertz CT molecular complexity index is 1510. The number of aromatic amines is 1. The molecule has 0 spiro atoms. The molecule has 0 radical (unpaired) electrons. The first kappa shape index (κ1) is 22.4. The van der Waals surface area contributed by atoms with Gasteiger partial charge in [-0.1, -0.05) is 18.2 Å². The number of carbonyl (C=O) groups excluding carboxylic acids is 1. The number of hydrogen-bond donors (Lipinski definition) is 2. The molecule has 7 nitrogen and oxygen atoms in total. The standard InChI is InChI=1S/C27H23FN6O/c1-34(2)16-17-10-20(14-29-13-17)18-6-8-25-23(12-18)26(33-32-25)27(35)31-22-7-9-24(30-15-22)19-4-3-5-21(28)11-19/h3-15H,16H2,1-2H3,(H,31,35)(H,32,33). The fourth-order valence-electron chi connectivity index (χ4n) is 3.94. The quantitative estimate of drug-likeness (QED) is 0.362. The Morgan fingerprint density at radius 3 is 2.63 bits per heavy atom. The molecule has 0 atom stereocenters. The third-order valence-corrected chi connectivity index (χ3v) is 5.55. The molecule has 0 aliphatic rings. The normalized spacial score (nSPS) is 11.2. The summed E-state index contributed by atoms with van der Waals surface area (Å²) < 4.78 is 13.5. The Morgan fingerprint density at radius 2 is 1.86 bits per heavy atom. The van der Waals surface area contributed by atoms with E-state index in [0.717, 1.165) is 28.8 Å². The van der Waals surface area contributed by atoms with Crippen molar-refractivity contribution in [3.63, 3.8) is 0 Å². The topological polar surface area (TPSA) is 86.8 Å². The number of aromatic nitrogens is 4. The van der Waals surface area contributed by atoms with E-state index >= 15 is 0 Å². The van der Waals surface area contributed by atoms with Crippen molar-refractivity contribution in [2.75, 3.05) is 19.4 Å². The van der Waals surface area contributed by atoms with Crippen molar-refractivity contribution in [3.05, 3.63) is 96.3 Å². The molecular formula is C27H23FN6O. The predicted molar refractivity (Wildman–Crippen MR) is 134 cm³/mol. The number of carbonyl (C=O) groups is 1. The van der Waals surface area contributed by atoms with Gasteiger partial charge in [-0.05, 0) is 67.7 Å². The zero-order valence-corrected chi connectivity index (χ0v) is 19.3. The van der Waals surface area contributed by atoms with E-state index in [4.69, 9.17) is 0 Å². The number of pyridine rings is 2. The largest absolute Gasteiger partial charge is 0.319 e. The molecule has 1 amide bonds. The Balaban J connectivity index is 1.39. The molecule has 2 N–H and O–H groups in total. The lowest BCUT2D eigenvalue weighted by atomic mass is 10.0. The molecule has 0 saturated carbocycles. The zero-order chi connectivity index (χ0) is 24.4. The van der Waals surface area contributed by atoms with Gasteiger partial charge in [0, 0.05) is 35.5 Å². The van der Waals surface area contributed by atoms with E-state index in [1.54, 1.807) is 30.5 Å². The van der Waals surface area contributed by atoms with Crippen LogP contribution in [0.1, 0.15) is 16.1 Å². The fraction of sp³-hybridized carbons (Fsp3) is 0.111. The second-order valence-electron chi connectivity index (χ2n) is 8.55. The number of nitrogens with zero attached hydrogens (tertiary/aromatic N) is 4. The molecule has 0 aliphatic heterocycles. The highest BCUT2D eigenvalue weighted by Gasteiger charge is 2.16. The van der Waals surface area contributed by atoms with E-state index in [9.17, 15) is 9.18 Å². The molecule has 0 aliphatic carbocycles.